The predicted octanol–water partition coefficient (Wildman–Crippen LogP) is 3.66. The number of aryl methyl sites for hydroxylation is 2. The van der Waals surface area contributed by atoms with Gasteiger partial charge in [-0.2, -0.15) is 0 Å². The van der Waals surface area contributed by atoms with E-state index in [1.807, 2.05) is 56.5 Å². The van der Waals surface area contributed by atoms with Gasteiger partial charge in [0.1, 0.15) is 5.01 Å². The molecule has 0 aliphatic carbocycles. The Morgan fingerprint density at radius 2 is 2.04 bits per heavy atom. The van der Waals surface area contributed by atoms with Crippen molar-refractivity contribution in [2.24, 2.45) is 0 Å². The largest absolute Gasteiger partial charge is 0.336 e. The summed E-state index contributed by atoms with van der Waals surface area (Å²) in [5.74, 6) is 0.856. The Hall–Kier alpha value is -2.52. The van der Waals surface area contributed by atoms with E-state index in [2.05, 4.69) is 26.2 Å². The molecule has 0 N–H and O–H groups in total. The molecule has 4 rings (SSSR count). The van der Waals surface area contributed by atoms with Gasteiger partial charge in [-0.15, -0.1) is 21.5 Å². The molecule has 0 spiro atoms. The number of para-hydroxylation sites is 1. The molecule has 144 valence electrons. The van der Waals surface area contributed by atoms with Crippen molar-refractivity contribution in [3.63, 3.8) is 0 Å². The van der Waals surface area contributed by atoms with Gasteiger partial charge in [0.15, 0.2) is 5.16 Å². The van der Waals surface area contributed by atoms with Crippen LogP contribution in [0.15, 0.2) is 35.5 Å². The smallest absolute Gasteiger partial charge is 0.256 e. The van der Waals surface area contributed by atoms with Crippen LogP contribution in [0.4, 0.5) is 0 Å². The van der Waals surface area contributed by atoms with Gasteiger partial charge in [-0.25, -0.2) is 9.97 Å². The highest BCUT2D eigenvalue weighted by Gasteiger charge is 2.21. The number of thiazole rings is 1. The zero-order valence-electron chi connectivity index (χ0n) is 16.1. The lowest BCUT2D eigenvalue weighted by atomic mass is 10.3. The Labute approximate surface area is 170 Å². The number of benzene rings is 1. The first-order chi connectivity index (χ1) is 13.4. The summed E-state index contributed by atoms with van der Waals surface area (Å²) in [6.45, 7) is 5.91. The Bertz CT molecular complexity index is 1130. The van der Waals surface area contributed by atoms with Crippen molar-refractivity contribution >= 4 is 45.0 Å². The summed E-state index contributed by atoms with van der Waals surface area (Å²) in [5, 5.41) is 9.92. The Morgan fingerprint density at radius 1 is 1.25 bits per heavy atom. The first kappa shape index (κ1) is 18.8. The highest BCUT2D eigenvalue weighted by Crippen LogP contribution is 2.29. The Kier molecular flexibility index (Phi) is 5.03. The van der Waals surface area contributed by atoms with Crippen molar-refractivity contribution in [3.8, 4) is 0 Å². The maximum atomic E-state index is 12.8. The normalized spacial score (nSPS) is 12.6. The highest BCUT2D eigenvalue weighted by molar-refractivity contribution is 7.99. The molecule has 0 radical (unpaired) electrons. The minimum atomic E-state index is -0.0910. The standard InChI is InChI=1S/C19H20N6OS2/c1-11-9-12(2)25-18(20-11)22-23-19(25)27-10-16(26)24(4)13(3)17-21-14-7-5-6-8-15(14)28-17/h5-9,13H,10H2,1-4H3/t13-/m1/s1. The van der Waals surface area contributed by atoms with Crippen molar-refractivity contribution in [1.29, 1.82) is 0 Å². The van der Waals surface area contributed by atoms with Crippen LogP contribution in [0.3, 0.4) is 0 Å². The predicted molar refractivity (Wildman–Crippen MR) is 112 cm³/mol. The van der Waals surface area contributed by atoms with E-state index in [1.54, 1.807) is 16.2 Å². The van der Waals surface area contributed by atoms with Crippen LogP contribution in [0.2, 0.25) is 0 Å². The number of hydrogen-bond donors (Lipinski definition) is 0. The molecule has 0 saturated heterocycles. The lowest BCUT2D eigenvalue weighted by molar-refractivity contribution is -0.128. The maximum Gasteiger partial charge on any atom is 0.256 e. The minimum Gasteiger partial charge on any atom is -0.336 e. The molecule has 28 heavy (non-hydrogen) atoms. The average molecular weight is 413 g/mol. The topological polar surface area (TPSA) is 76.3 Å². The summed E-state index contributed by atoms with van der Waals surface area (Å²) in [5.41, 5.74) is 2.87. The van der Waals surface area contributed by atoms with Crippen molar-refractivity contribution in [1.82, 2.24) is 29.5 Å². The van der Waals surface area contributed by atoms with Crippen LogP contribution < -0.4 is 0 Å². The molecule has 0 saturated carbocycles. The van der Waals surface area contributed by atoms with E-state index < -0.39 is 0 Å². The van der Waals surface area contributed by atoms with Gasteiger partial charge in [-0.05, 0) is 39.0 Å². The fourth-order valence-corrected chi connectivity index (χ4v) is 4.94. The first-order valence-electron chi connectivity index (χ1n) is 8.87. The van der Waals surface area contributed by atoms with E-state index in [0.29, 0.717) is 10.9 Å². The second-order valence-corrected chi connectivity index (χ2v) is 8.65. The molecule has 0 fully saturated rings. The lowest BCUT2D eigenvalue weighted by Crippen LogP contribution is -2.31. The van der Waals surface area contributed by atoms with Crippen LogP contribution in [0, 0.1) is 13.8 Å². The molecule has 9 heteroatoms. The monoisotopic (exact) mass is 412 g/mol. The first-order valence-corrected chi connectivity index (χ1v) is 10.7. The van der Waals surface area contributed by atoms with Crippen molar-refractivity contribution in [2.75, 3.05) is 12.8 Å². The SMILES string of the molecule is Cc1cc(C)n2c(SCC(=O)N(C)[C@H](C)c3nc4ccccc4s3)nnc2n1. The number of rotatable bonds is 5. The fraction of sp³-hybridized carbons (Fsp3) is 0.316. The maximum absolute atomic E-state index is 12.8. The summed E-state index contributed by atoms with van der Waals surface area (Å²) in [7, 11) is 1.82. The van der Waals surface area contributed by atoms with Gasteiger partial charge < -0.3 is 4.90 Å². The van der Waals surface area contributed by atoms with Crippen LogP contribution in [-0.4, -0.2) is 48.2 Å². The molecular formula is C19H20N6OS2. The molecule has 1 amide bonds. The van der Waals surface area contributed by atoms with Crippen molar-refractivity contribution < 1.29 is 4.79 Å². The van der Waals surface area contributed by atoms with Gasteiger partial charge in [0.25, 0.3) is 5.78 Å². The molecule has 0 aliphatic rings. The molecule has 3 aromatic heterocycles. The molecule has 1 aromatic carbocycles. The van der Waals surface area contributed by atoms with E-state index in [1.165, 1.54) is 11.8 Å². The second kappa shape index (κ2) is 7.48. The molecular weight excluding hydrogens is 392 g/mol. The summed E-state index contributed by atoms with van der Waals surface area (Å²) >= 11 is 3.00. The highest BCUT2D eigenvalue weighted by atomic mass is 32.2. The Morgan fingerprint density at radius 3 is 2.82 bits per heavy atom. The van der Waals surface area contributed by atoms with Gasteiger partial charge in [0.05, 0.1) is 22.0 Å². The summed E-state index contributed by atoms with van der Waals surface area (Å²) in [4.78, 5) is 23.5. The zero-order valence-corrected chi connectivity index (χ0v) is 17.7. The van der Waals surface area contributed by atoms with E-state index in [0.717, 1.165) is 26.6 Å². The van der Waals surface area contributed by atoms with Gasteiger partial charge in [-0.1, -0.05) is 23.9 Å². The third-order valence-corrected chi connectivity index (χ3v) is 6.75. The number of fused-ring (bicyclic) bond motifs is 2. The van der Waals surface area contributed by atoms with Crippen LogP contribution in [0.25, 0.3) is 16.0 Å². The molecule has 4 aromatic rings. The minimum absolute atomic E-state index is 0.0197. The average Bonchev–Trinajstić information content (AvgIpc) is 3.28. The van der Waals surface area contributed by atoms with Gasteiger partial charge in [0, 0.05) is 18.4 Å². The van der Waals surface area contributed by atoms with Crippen molar-refractivity contribution in [2.45, 2.75) is 32.0 Å². The number of aromatic nitrogens is 5. The van der Waals surface area contributed by atoms with Gasteiger partial charge in [-0.3, -0.25) is 9.20 Å². The molecule has 0 aliphatic heterocycles. The van der Waals surface area contributed by atoms with Gasteiger partial charge in [0.2, 0.25) is 5.91 Å². The molecule has 0 bridgehead atoms. The quantitative estimate of drug-likeness (QED) is 0.466. The van der Waals surface area contributed by atoms with E-state index in [4.69, 9.17) is 0 Å². The molecule has 1 atom stereocenters. The fourth-order valence-electron chi connectivity index (χ4n) is 2.97. The molecule has 3 heterocycles. The Balaban J connectivity index is 1.47. The van der Waals surface area contributed by atoms with Crippen molar-refractivity contribution in [3.05, 3.63) is 46.7 Å². The number of carbonyl (C=O) groups excluding carboxylic acids is 1. The lowest BCUT2D eigenvalue weighted by Gasteiger charge is -2.23. The van der Waals surface area contributed by atoms with Crippen LogP contribution >= 0.6 is 23.1 Å². The summed E-state index contributed by atoms with van der Waals surface area (Å²) in [6.07, 6.45) is 0. The number of carbonyl (C=O) groups is 1. The third kappa shape index (κ3) is 3.47. The third-order valence-electron chi connectivity index (χ3n) is 4.63. The molecule has 0 unspecified atom stereocenters. The van der Waals surface area contributed by atoms with Crippen LogP contribution in [0.5, 0.6) is 0 Å². The summed E-state index contributed by atoms with van der Waals surface area (Å²) < 4.78 is 3.01. The van der Waals surface area contributed by atoms with Crippen LogP contribution in [0.1, 0.15) is 29.4 Å². The number of thioether (sulfide) groups is 1. The molecule has 7 nitrogen and oxygen atoms in total. The number of amides is 1. The number of hydrogen-bond acceptors (Lipinski definition) is 7. The number of nitrogens with zero attached hydrogens (tertiary/aromatic N) is 6. The van der Waals surface area contributed by atoms with E-state index in [-0.39, 0.29) is 17.7 Å². The van der Waals surface area contributed by atoms with Gasteiger partial charge >= 0.3 is 0 Å². The van der Waals surface area contributed by atoms with E-state index >= 15 is 0 Å². The van der Waals surface area contributed by atoms with Crippen LogP contribution in [-0.2, 0) is 4.79 Å². The summed E-state index contributed by atoms with van der Waals surface area (Å²) in [6, 6.07) is 9.91. The van der Waals surface area contributed by atoms with E-state index in [9.17, 15) is 4.79 Å². The second-order valence-electron chi connectivity index (χ2n) is 6.65. The zero-order chi connectivity index (χ0) is 19.8.